The standard InChI is InChI=1S/C20H21N3O/c1-2-6-17-14-18(13-16(17)5-1)21-10-4-12-24-19-8-3-7-15-9-11-22-23-20(15)19/h1-3,5-9,11,18,21H,4,10,12-14H2. The van der Waals surface area contributed by atoms with Gasteiger partial charge < -0.3 is 10.1 Å². The molecule has 4 rings (SSSR count). The molecule has 4 nitrogen and oxygen atoms in total. The molecule has 0 saturated heterocycles. The molecule has 0 fully saturated rings. The van der Waals surface area contributed by atoms with Crippen molar-refractivity contribution >= 4 is 10.9 Å². The second-order valence-electron chi connectivity index (χ2n) is 6.26. The molecule has 1 aromatic heterocycles. The van der Waals surface area contributed by atoms with Crippen LogP contribution in [0.3, 0.4) is 0 Å². The van der Waals surface area contributed by atoms with Crippen LogP contribution in [0.1, 0.15) is 17.5 Å². The van der Waals surface area contributed by atoms with E-state index in [0.717, 1.165) is 42.5 Å². The van der Waals surface area contributed by atoms with Gasteiger partial charge in [0.25, 0.3) is 0 Å². The van der Waals surface area contributed by atoms with Crippen LogP contribution < -0.4 is 10.1 Å². The van der Waals surface area contributed by atoms with E-state index in [1.54, 1.807) is 6.20 Å². The van der Waals surface area contributed by atoms with Gasteiger partial charge in [0, 0.05) is 11.4 Å². The summed E-state index contributed by atoms with van der Waals surface area (Å²) >= 11 is 0. The van der Waals surface area contributed by atoms with E-state index in [9.17, 15) is 0 Å². The zero-order valence-corrected chi connectivity index (χ0v) is 13.6. The summed E-state index contributed by atoms with van der Waals surface area (Å²) in [6.07, 6.45) is 4.95. The number of rotatable bonds is 6. The van der Waals surface area contributed by atoms with E-state index in [4.69, 9.17) is 4.74 Å². The molecule has 24 heavy (non-hydrogen) atoms. The molecule has 122 valence electrons. The Bertz CT molecular complexity index is 803. The van der Waals surface area contributed by atoms with E-state index in [-0.39, 0.29) is 0 Å². The summed E-state index contributed by atoms with van der Waals surface area (Å²) in [6, 6.07) is 17.2. The number of nitrogens with one attached hydrogen (secondary N) is 1. The molecule has 0 amide bonds. The van der Waals surface area contributed by atoms with Crippen LogP contribution in [0.5, 0.6) is 5.75 Å². The van der Waals surface area contributed by atoms with Crippen LogP contribution in [-0.2, 0) is 12.8 Å². The molecule has 3 aromatic rings. The topological polar surface area (TPSA) is 47.0 Å². The van der Waals surface area contributed by atoms with Crippen LogP contribution in [0.15, 0.2) is 54.7 Å². The number of ether oxygens (including phenoxy) is 1. The van der Waals surface area contributed by atoms with E-state index in [0.29, 0.717) is 12.6 Å². The maximum absolute atomic E-state index is 5.90. The van der Waals surface area contributed by atoms with Gasteiger partial charge in [-0.2, -0.15) is 5.10 Å². The number of nitrogens with zero attached hydrogens (tertiary/aromatic N) is 2. The van der Waals surface area contributed by atoms with E-state index >= 15 is 0 Å². The van der Waals surface area contributed by atoms with Gasteiger partial charge in [-0.25, -0.2) is 0 Å². The first-order valence-electron chi connectivity index (χ1n) is 8.53. The molecule has 0 atom stereocenters. The fourth-order valence-corrected chi connectivity index (χ4v) is 3.37. The lowest BCUT2D eigenvalue weighted by atomic mass is 10.1. The Hall–Kier alpha value is -2.46. The fourth-order valence-electron chi connectivity index (χ4n) is 3.37. The minimum absolute atomic E-state index is 0.561. The summed E-state index contributed by atoms with van der Waals surface area (Å²) in [7, 11) is 0. The Balaban J connectivity index is 1.24. The molecular formula is C20H21N3O. The highest BCUT2D eigenvalue weighted by molar-refractivity contribution is 5.83. The Morgan fingerprint density at radius 3 is 2.67 bits per heavy atom. The van der Waals surface area contributed by atoms with E-state index < -0.39 is 0 Å². The lowest BCUT2D eigenvalue weighted by molar-refractivity contribution is 0.307. The zero-order valence-electron chi connectivity index (χ0n) is 13.6. The first-order valence-corrected chi connectivity index (χ1v) is 8.53. The second kappa shape index (κ2) is 6.97. The molecule has 1 N–H and O–H groups in total. The summed E-state index contributed by atoms with van der Waals surface area (Å²) in [5, 5.41) is 12.8. The van der Waals surface area contributed by atoms with Crippen LogP contribution in [-0.4, -0.2) is 29.4 Å². The number of hydrogen-bond acceptors (Lipinski definition) is 4. The molecule has 0 unspecified atom stereocenters. The number of hydrogen-bond donors (Lipinski definition) is 1. The van der Waals surface area contributed by atoms with Crippen molar-refractivity contribution in [3.8, 4) is 5.75 Å². The average Bonchev–Trinajstić information content (AvgIpc) is 3.04. The van der Waals surface area contributed by atoms with Crippen molar-refractivity contribution in [2.45, 2.75) is 25.3 Å². The quantitative estimate of drug-likeness (QED) is 0.709. The van der Waals surface area contributed by atoms with Crippen molar-refractivity contribution < 1.29 is 4.74 Å². The van der Waals surface area contributed by atoms with Gasteiger partial charge in [-0.15, -0.1) is 5.10 Å². The van der Waals surface area contributed by atoms with Crippen molar-refractivity contribution in [1.29, 1.82) is 0 Å². The van der Waals surface area contributed by atoms with Crippen LogP contribution in [0.4, 0.5) is 0 Å². The van der Waals surface area contributed by atoms with Gasteiger partial charge in [-0.1, -0.05) is 36.4 Å². The van der Waals surface area contributed by atoms with E-state index in [1.165, 1.54) is 11.1 Å². The highest BCUT2D eigenvalue weighted by atomic mass is 16.5. The highest BCUT2D eigenvalue weighted by Gasteiger charge is 2.19. The van der Waals surface area contributed by atoms with E-state index in [1.807, 2.05) is 24.3 Å². The number of benzene rings is 2. The molecule has 4 heteroatoms. The third-order valence-electron chi connectivity index (χ3n) is 4.57. The molecule has 0 aliphatic heterocycles. The maximum atomic E-state index is 5.90. The van der Waals surface area contributed by atoms with Gasteiger partial charge in [0.15, 0.2) is 0 Å². The largest absolute Gasteiger partial charge is 0.491 e. The maximum Gasteiger partial charge on any atom is 0.147 e. The molecule has 0 radical (unpaired) electrons. The highest BCUT2D eigenvalue weighted by Crippen LogP contribution is 2.23. The summed E-state index contributed by atoms with van der Waals surface area (Å²) in [5.74, 6) is 0.814. The van der Waals surface area contributed by atoms with Crippen LogP contribution >= 0.6 is 0 Å². The molecule has 2 aromatic carbocycles. The Morgan fingerprint density at radius 2 is 1.83 bits per heavy atom. The molecule has 1 aliphatic rings. The van der Waals surface area contributed by atoms with Crippen molar-refractivity contribution in [1.82, 2.24) is 15.5 Å². The minimum atomic E-state index is 0.561. The Kier molecular flexibility index (Phi) is 4.38. The van der Waals surface area contributed by atoms with Crippen molar-refractivity contribution in [2.24, 2.45) is 0 Å². The van der Waals surface area contributed by atoms with Crippen LogP contribution in [0.25, 0.3) is 10.9 Å². The monoisotopic (exact) mass is 319 g/mol. The fraction of sp³-hybridized carbons (Fsp3) is 0.300. The van der Waals surface area contributed by atoms with E-state index in [2.05, 4.69) is 39.8 Å². The molecule has 0 spiro atoms. The third kappa shape index (κ3) is 3.24. The third-order valence-corrected chi connectivity index (χ3v) is 4.57. The van der Waals surface area contributed by atoms with Gasteiger partial charge >= 0.3 is 0 Å². The van der Waals surface area contributed by atoms with Crippen molar-refractivity contribution in [2.75, 3.05) is 13.2 Å². The first-order chi connectivity index (χ1) is 11.9. The smallest absolute Gasteiger partial charge is 0.147 e. The molecule has 0 bridgehead atoms. The van der Waals surface area contributed by atoms with Crippen molar-refractivity contribution in [3.05, 3.63) is 65.9 Å². The minimum Gasteiger partial charge on any atom is -0.491 e. The normalized spacial score (nSPS) is 14.0. The molecule has 1 heterocycles. The average molecular weight is 319 g/mol. The molecular weight excluding hydrogens is 298 g/mol. The molecule has 1 aliphatic carbocycles. The summed E-state index contributed by atoms with van der Waals surface area (Å²) in [6.45, 7) is 1.65. The predicted octanol–water partition coefficient (Wildman–Crippen LogP) is 3.16. The Morgan fingerprint density at radius 1 is 1.00 bits per heavy atom. The van der Waals surface area contributed by atoms with Gasteiger partial charge in [-0.3, -0.25) is 0 Å². The number of aromatic nitrogens is 2. The Labute approximate surface area is 141 Å². The van der Waals surface area contributed by atoms with Gasteiger partial charge in [0.05, 0.1) is 12.8 Å². The lowest BCUT2D eigenvalue weighted by Gasteiger charge is -2.12. The van der Waals surface area contributed by atoms with Crippen molar-refractivity contribution in [3.63, 3.8) is 0 Å². The predicted molar refractivity (Wildman–Crippen MR) is 95.3 cm³/mol. The summed E-state index contributed by atoms with van der Waals surface area (Å²) < 4.78 is 5.90. The van der Waals surface area contributed by atoms with Crippen LogP contribution in [0, 0.1) is 0 Å². The van der Waals surface area contributed by atoms with Crippen LogP contribution in [0.2, 0.25) is 0 Å². The number of fused-ring (bicyclic) bond motifs is 2. The summed E-state index contributed by atoms with van der Waals surface area (Å²) in [4.78, 5) is 0. The molecule has 0 saturated carbocycles. The summed E-state index contributed by atoms with van der Waals surface area (Å²) in [5.41, 5.74) is 3.81. The first kappa shape index (κ1) is 15.1. The van der Waals surface area contributed by atoms with Gasteiger partial charge in [0.2, 0.25) is 0 Å². The lowest BCUT2D eigenvalue weighted by Crippen LogP contribution is -2.31. The van der Waals surface area contributed by atoms with Gasteiger partial charge in [-0.05, 0) is 49.1 Å². The second-order valence-corrected chi connectivity index (χ2v) is 6.26. The SMILES string of the molecule is c1ccc2c(c1)CC(NCCCOc1cccc3ccnnc13)C2. The zero-order chi connectivity index (χ0) is 16.2. The van der Waals surface area contributed by atoms with Gasteiger partial charge in [0.1, 0.15) is 11.3 Å².